The maximum Gasteiger partial charge on any atom is 0.166 e. The average Bonchev–Trinajstić information content (AvgIpc) is 2.08. The van der Waals surface area contributed by atoms with Gasteiger partial charge in [0.2, 0.25) is 0 Å². The SMILES string of the molecule is Cl.N[C@@H](c1cc(Cl)cc(F)c1O)C1CCC1. The fraction of sp³-hybridized carbons (Fsp3) is 0.455. The maximum absolute atomic E-state index is 13.2. The Bertz CT molecular complexity index is 382. The van der Waals surface area contributed by atoms with Crippen LogP contribution in [0.3, 0.4) is 0 Å². The molecule has 0 heterocycles. The molecule has 3 N–H and O–H groups in total. The largest absolute Gasteiger partial charge is 0.505 e. The summed E-state index contributed by atoms with van der Waals surface area (Å²) >= 11 is 5.73. The summed E-state index contributed by atoms with van der Waals surface area (Å²) in [7, 11) is 0. The molecule has 2 rings (SSSR count). The summed E-state index contributed by atoms with van der Waals surface area (Å²) in [5.41, 5.74) is 6.37. The lowest BCUT2D eigenvalue weighted by atomic mass is 9.77. The highest BCUT2D eigenvalue weighted by Crippen LogP contribution is 2.40. The Balaban J connectivity index is 0.00000128. The number of hydrogen-bond acceptors (Lipinski definition) is 2. The minimum Gasteiger partial charge on any atom is -0.505 e. The lowest BCUT2D eigenvalue weighted by Crippen LogP contribution is -2.27. The predicted octanol–water partition coefficient (Wildman–Crippen LogP) is 3.41. The molecule has 1 aromatic rings. The molecule has 16 heavy (non-hydrogen) atoms. The number of hydrogen-bond donors (Lipinski definition) is 2. The monoisotopic (exact) mass is 265 g/mol. The second kappa shape index (κ2) is 5.21. The second-order valence-corrected chi connectivity index (χ2v) is 4.48. The van der Waals surface area contributed by atoms with Crippen molar-refractivity contribution in [2.75, 3.05) is 0 Å². The zero-order chi connectivity index (χ0) is 11.0. The molecule has 0 unspecified atom stereocenters. The highest BCUT2D eigenvalue weighted by atomic mass is 35.5. The molecular weight excluding hydrogens is 252 g/mol. The van der Waals surface area contributed by atoms with Crippen molar-refractivity contribution in [3.05, 3.63) is 28.5 Å². The summed E-state index contributed by atoms with van der Waals surface area (Å²) in [6.07, 6.45) is 3.23. The van der Waals surface area contributed by atoms with Gasteiger partial charge in [-0.3, -0.25) is 0 Å². The van der Waals surface area contributed by atoms with Gasteiger partial charge in [-0.05, 0) is 30.9 Å². The van der Waals surface area contributed by atoms with E-state index in [1.807, 2.05) is 0 Å². The Morgan fingerprint density at radius 2 is 2.06 bits per heavy atom. The molecule has 1 saturated carbocycles. The highest BCUT2D eigenvalue weighted by Gasteiger charge is 2.28. The number of aromatic hydroxyl groups is 1. The van der Waals surface area contributed by atoms with Crippen molar-refractivity contribution in [2.24, 2.45) is 11.7 Å². The van der Waals surface area contributed by atoms with Gasteiger partial charge in [0, 0.05) is 16.6 Å². The highest BCUT2D eigenvalue weighted by molar-refractivity contribution is 6.30. The zero-order valence-corrected chi connectivity index (χ0v) is 10.2. The van der Waals surface area contributed by atoms with Crippen molar-refractivity contribution >= 4 is 24.0 Å². The molecule has 1 fully saturated rings. The Morgan fingerprint density at radius 1 is 1.44 bits per heavy atom. The smallest absolute Gasteiger partial charge is 0.166 e. The van der Waals surface area contributed by atoms with Gasteiger partial charge >= 0.3 is 0 Å². The molecule has 0 saturated heterocycles. The van der Waals surface area contributed by atoms with Crippen molar-refractivity contribution in [1.82, 2.24) is 0 Å². The minimum atomic E-state index is -0.702. The summed E-state index contributed by atoms with van der Waals surface area (Å²) in [4.78, 5) is 0. The van der Waals surface area contributed by atoms with Crippen LogP contribution in [0.5, 0.6) is 5.75 Å². The van der Waals surface area contributed by atoms with Crippen molar-refractivity contribution in [1.29, 1.82) is 0 Å². The van der Waals surface area contributed by atoms with Crippen LogP contribution in [0.15, 0.2) is 12.1 Å². The number of rotatable bonds is 2. The van der Waals surface area contributed by atoms with E-state index < -0.39 is 5.82 Å². The number of phenols is 1. The second-order valence-electron chi connectivity index (χ2n) is 4.04. The van der Waals surface area contributed by atoms with Crippen molar-refractivity contribution in [3.8, 4) is 5.75 Å². The van der Waals surface area contributed by atoms with E-state index in [9.17, 15) is 9.50 Å². The molecule has 5 heteroatoms. The molecular formula is C11H14Cl2FNO. The number of phenolic OH excluding ortho intramolecular Hbond substituents is 1. The zero-order valence-electron chi connectivity index (χ0n) is 8.62. The van der Waals surface area contributed by atoms with E-state index in [0.29, 0.717) is 11.5 Å². The van der Waals surface area contributed by atoms with Crippen LogP contribution in [0, 0.1) is 11.7 Å². The molecule has 1 aliphatic rings. The fourth-order valence-corrected chi connectivity index (χ4v) is 2.11. The van der Waals surface area contributed by atoms with Crippen LogP contribution in [0.25, 0.3) is 0 Å². The van der Waals surface area contributed by atoms with Gasteiger partial charge in [-0.15, -0.1) is 12.4 Å². The van der Waals surface area contributed by atoms with Gasteiger partial charge in [0.05, 0.1) is 0 Å². The molecule has 1 atom stereocenters. The van der Waals surface area contributed by atoms with E-state index in [0.717, 1.165) is 25.3 Å². The van der Waals surface area contributed by atoms with Gasteiger partial charge in [0.1, 0.15) is 0 Å². The van der Waals surface area contributed by atoms with Gasteiger partial charge < -0.3 is 10.8 Å². The first kappa shape index (κ1) is 13.6. The predicted molar refractivity (Wildman–Crippen MR) is 64.6 cm³/mol. The first-order chi connectivity index (χ1) is 7.09. The van der Waals surface area contributed by atoms with Crippen LogP contribution >= 0.6 is 24.0 Å². The summed E-state index contributed by atoms with van der Waals surface area (Å²) < 4.78 is 13.2. The molecule has 0 bridgehead atoms. The Kier molecular flexibility index (Phi) is 4.42. The Morgan fingerprint density at radius 3 is 2.56 bits per heavy atom. The van der Waals surface area contributed by atoms with Crippen LogP contribution in [-0.4, -0.2) is 5.11 Å². The van der Waals surface area contributed by atoms with Gasteiger partial charge in [-0.25, -0.2) is 4.39 Å². The Hall–Kier alpha value is -0.510. The van der Waals surface area contributed by atoms with E-state index in [-0.39, 0.29) is 29.2 Å². The van der Waals surface area contributed by atoms with Crippen LogP contribution in [0.2, 0.25) is 5.02 Å². The standard InChI is InChI=1S/C11H13ClFNO.ClH/c12-7-4-8(11(15)9(13)5-7)10(14)6-2-1-3-6;/h4-6,10,15H,1-3,14H2;1H/t10-;/m1./s1. The summed E-state index contributed by atoms with van der Waals surface area (Å²) in [6.45, 7) is 0. The Labute approximate surface area is 105 Å². The topological polar surface area (TPSA) is 46.2 Å². The van der Waals surface area contributed by atoms with Gasteiger partial charge in [-0.2, -0.15) is 0 Å². The third-order valence-electron chi connectivity index (χ3n) is 3.07. The average molecular weight is 266 g/mol. The fourth-order valence-electron chi connectivity index (χ4n) is 1.89. The lowest BCUT2D eigenvalue weighted by Gasteiger charge is -2.31. The molecule has 2 nitrogen and oxygen atoms in total. The lowest BCUT2D eigenvalue weighted by molar-refractivity contribution is 0.259. The van der Waals surface area contributed by atoms with Crippen molar-refractivity contribution in [2.45, 2.75) is 25.3 Å². The van der Waals surface area contributed by atoms with Crippen LogP contribution < -0.4 is 5.73 Å². The van der Waals surface area contributed by atoms with E-state index >= 15 is 0 Å². The molecule has 0 amide bonds. The van der Waals surface area contributed by atoms with E-state index in [1.165, 1.54) is 0 Å². The van der Waals surface area contributed by atoms with Crippen LogP contribution in [-0.2, 0) is 0 Å². The third kappa shape index (κ3) is 2.42. The third-order valence-corrected chi connectivity index (χ3v) is 3.29. The van der Waals surface area contributed by atoms with E-state index in [2.05, 4.69) is 0 Å². The van der Waals surface area contributed by atoms with E-state index in [1.54, 1.807) is 6.07 Å². The van der Waals surface area contributed by atoms with Crippen molar-refractivity contribution in [3.63, 3.8) is 0 Å². The van der Waals surface area contributed by atoms with Gasteiger partial charge in [0.15, 0.2) is 11.6 Å². The molecule has 0 aromatic heterocycles. The molecule has 1 aliphatic carbocycles. The maximum atomic E-state index is 13.2. The molecule has 90 valence electrons. The first-order valence-corrected chi connectivity index (χ1v) is 5.41. The van der Waals surface area contributed by atoms with E-state index in [4.69, 9.17) is 17.3 Å². The van der Waals surface area contributed by atoms with Crippen LogP contribution in [0.1, 0.15) is 30.9 Å². The quantitative estimate of drug-likeness (QED) is 0.861. The van der Waals surface area contributed by atoms with Gasteiger partial charge in [-0.1, -0.05) is 18.0 Å². The summed E-state index contributed by atoms with van der Waals surface area (Å²) in [5, 5.41) is 9.82. The summed E-state index contributed by atoms with van der Waals surface area (Å²) in [5.74, 6) is -0.722. The molecule has 1 aromatic carbocycles. The minimum absolute atomic E-state index is 0. The summed E-state index contributed by atoms with van der Waals surface area (Å²) in [6, 6.07) is 2.32. The first-order valence-electron chi connectivity index (χ1n) is 5.03. The number of halogens is 3. The number of benzene rings is 1. The molecule has 0 spiro atoms. The van der Waals surface area contributed by atoms with Crippen LogP contribution in [0.4, 0.5) is 4.39 Å². The molecule has 0 aliphatic heterocycles. The van der Waals surface area contributed by atoms with Gasteiger partial charge in [0.25, 0.3) is 0 Å². The molecule has 0 radical (unpaired) electrons. The normalized spacial score (nSPS) is 17.4. The number of nitrogens with two attached hydrogens (primary N) is 1. The van der Waals surface area contributed by atoms with Crippen molar-refractivity contribution < 1.29 is 9.50 Å².